The van der Waals surface area contributed by atoms with E-state index in [0.29, 0.717) is 142 Å². The Bertz CT molecular complexity index is 3700. The third-order valence-corrected chi connectivity index (χ3v) is 17.3. The number of hydrogen-bond donors (Lipinski definition) is 0. The number of anilines is 8. The summed E-state index contributed by atoms with van der Waals surface area (Å²) in [5, 5.41) is 0. The summed E-state index contributed by atoms with van der Waals surface area (Å²) in [7, 11) is 0. The summed E-state index contributed by atoms with van der Waals surface area (Å²) in [6.45, 7) is 45.8. The third kappa shape index (κ3) is 11.1. The molecule has 24 nitrogen and oxygen atoms in total. The van der Waals surface area contributed by atoms with Crippen molar-refractivity contribution in [1.82, 2.24) is 79.7 Å². The van der Waals surface area contributed by atoms with Gasteiger partial charge in [0.2, 0.25) is 0 Å². The Kier molecular flexibility index (Phi) is 19.2. The molecule has 9 heterocycles. The average Bonchev–Trinajstić information content (AvgIpc) is 2.27. The molecule has 89 heavy (non-hydrogen) atoms. The first-order valence-electron chi connectivity index (χ1n) is 32.1. The van der Waals surface area contributed by atoms with Gasteiger partial charge in [0, 0.05) is 150 Å². The number of aromatic nitrogens is 16. The molecule has 2 aliphatic rings. The first-order valence-corrected chi connectivity index (χ1v) is 32.1. The van der Waals surface area contributed by atoms with Crippen LogP contribution < -0.4 is 49.2 Å². The smallest absolute Gasteiger partial charge is 0.354 e. The normalized spacial score (nSPS) is 11.8. The second-order valence-electron chi connectivity index (χ2n) is 21.5. The Balaban J connectivity index is 0.00000873. The zero-order valence-electron chi connectivity index (χ0n) is 55.1. The molecular weight excluding hydrogens is 1170 g/mol. The van der Waals surface area contributed by atoms with Gasteiger partial charge in [-0.3, -0.25) is 0 Å². The molecule has 2 aromatic carbocycles. The second-order valence-corrected chi connectivity index (χ2v) is 21.5. The van der Waals surface area contributed by atoms with Crippen molar-refractivity contribution in [1.29, 1.82) is 0 Å². The van der Waals surface area contributed by atoms with Gasteiger partial charge in [-0.1, -0.05) is 0 Å². The molecule has 0 amide bonds. The average molecular weight is 1250 g/mol. The number of rotatable bonds is 24. The summed E-state index contributed by atoms with van der Waals surface area (Å²) in [5.74, 6) is 7.55. The van der Waals surface area contributed by atoms with Crippen LogP contribution in [0.15, 0.2) is 24.3 Å². The van der Waals surface area contributed by atoms with Crippen LogP contribution >= 0.6 is 0 Å². The monoisotopic (exact) mass is 1250 g/mol. The molecule has 0 fully saturated rings. The molecule has 0 unspecified atom stereocenters. The maximum Gasteiger partial charge on any atom is 2.00 e. The molecule has 7 aromatic heterocycles. The Morgan fingerprint density at radius 1 is 0.225 bits per heavy atom. The van der Waals surface area contributed by atoms with E-state index in [1.165, 1.54) is 0 Å². The Labute approximate surface area is 534 Å². The van der Waals surface area contributed by atoms with Crippen molar-refractivity contribution in [3.05, 3.63) is 24.3 Å². The molecule has 0 atom stereocenters. The molecule has 9 aromatic rings. The van der Waals surface area contributed by atoms with Crippen LogP contribution in [0.5, 0.6) is 0 Å². The van der Waals surface area contributed by atoms with Gasteiger partial charge >= 0.3 is 19.5 Å². The number of benzene rings is 2. The summed E-state index contributed by atoms with van der Waals surface area (Å²) in [5.41, 5.74) is 8.47. The van der Waals surface area contributed by atoms with Crippen LogP contribution in [0.2, 0.25) is 0 Å². The Morgan fingerprint density at radius 2 is 0.382 bits per heavy atom. The fourth-order valence-electron chi connectivity index (χ4n) is 12.2. The zero-order chi connectivity index (χ0) is 62.2. The molecule has 8 bridgehead atoms. The van der Waals surface area contributed by atoms with E-state index in [9.17, 15) is 0 Å². The van der Waals surface area contributed by atoms with Crippen LogP contribution in [-0.4, -0.2) is 174 Å². The molecule has 0 aliphatic carbocycles. The van der Waals surface area contributed by atoms with E-state index in [1.807, 2.05) is 24.3 Å². The minimum Gasteiger partial charge on any atom is -0.354 e. The van der Waals surface area contributed by atoms with E-state index in [2.05, 4.69) is 150 Å². The van der Waals surface area contributed by atoms with Gasteiger partial charge in [0.25, 0.3) is 0 Å². The van der Waals surface area contributed by atoms with Gasteiger partial charge in [0.15, 0.2) is 46.5 Å². The van der Waals surface area contributed by atoms with E-state index in [4.69, 9.17) is 79.7 Å². The van der Waals surface area contributed by atoms with E-state index in [-0.39, 0.29) is 42.1 Å². The van der Waals surface area contributed by atoms with Gasteiger partial charge in [-0.2, -0.15) is 0 Å². The van der Waals surface area contributed by atoms with Crippen LogP contribution in [0.4, 0.5) is 46.5 Å². The van der Waals surface area contributed by atoms with Gasteiger partial charge in [0.05, 0.1) is 45.4 Å². The van der Waals surface area contributed by atoms with Gasteiger partial charge in [-0.25, -0.2) is 49.8 Å². The van der Waals surface area contributed by atoms with Crippen molar-refractivity contribution in [2.24, 2.45) is 0 Å². The van der Waals surface area contributed by atoms with Crippen LogP contribution in [0, 0.1) is 0 Å². The molecule has 11 rings (SSSR count). The minimum atomic E-state index is 0. The van der Waals surface area contributed by atoms with Crippen molar-refractivity contribution in [2.75, 3.05) is 144 Å². The first-order chi connectivity index (χ1) is 42.8. The van der Waals surface area contributed by atoms with E-state index >= 15 is 0 Å². The van der Waals surface area contributed by atoms with Crippen LogP contribution in [0.1, 0.15) is 111 Å². The maximum atomic E-state index is 5.51. The fourth-order valence-corrected chi connectivity index (χ4v) is 12.2. The van der Waals surface area contributed by atoms with Crippen molar-refractivity contribution in [3.63, 3.8) is 0 Å². The van der Waals surface area contributed by atoms with Crippen LogP contribution in [0.25, 0.3) is 112 Å². The zero-order valence-corrected chi connectivity index (χ0v) is 58.0. The van der Waals surface area contributed by atoms with Gasteiger partial charge in [0.1, 0.15) is 22.1 Å². The Hall–Kier alpha value is -8.34. The molecule has 0 N–H and O–H groups in total. The maximum absolute atomic E-state index is 5.51. The summed E-state index contributed by atoms with van der Waals surface area (Å²) in [4.78, 5) is 105. The molecular formula is C64H84N24Zn. The molecule has 462 valence electrons. The predicted octanol–water partition coefficient (Wildman–Crippen LogP) is 10.4. The molecule has 2 aliphatic heterocycles. The van der Waals surface area contributed by atoms with Gasteiger partial charge in [-0.05, 0) is 135 Å². The molecule has 25 heteroatoms. The quantitative estimate of drug-likeness (QED) is 0.0511. The molecule has 0 radical (unpaired) electrons. The van der Waals surface area contributed by atoms with E-state index in [0.717, 1.165) is 98.9 Å². The standard InChI is InChI=1S/C64H84N24.Zn/c1-17-81(18-2)57-58(82(19-3)20-4)66-42-34-38-37(33-41(42)65-57)49-73-50(38)76-54-47-48(72-64(88(31-15)32-16)63(71-47)87(29-13)30-14)56(80-54)78-52-40-36-44-43(67-59(83(21-5)22-6)60(68-44)84(23-7)24-8)35-39(40)51(74-52)77-55-46-45(53(75-49)79-55)69-61(85(25-9)26-10)62(70-46)86(27-11)28-12;/h33-36H,17-32H2,1-16H3;/q-2;+2. The van der Waals surface area contributed by atoms with Crippen molar-refractivity contribution < 1.29 is 19.5 Å². The third-order valence-electron chi connectivity index (χ3n) is 17.3. The SMILES string of the molecule is CCN(CC)c1nc2cc3c(cc2nc1N(CC)CC)-c1nc-3nc2[n-]c(nc3nc(nc4[n-]c(n1)c1nc(N(CC)CC)c(N(CC)CC)nc41)-c1cc4nc(N(CC)CC)c(N(CC)CC)nc4cc1-3)c1nc(N(CC)CC)c(N(CC)CC)nc21.[Zn+2]. The largest absolute Gasteiger partial charge is 2.00 e. The number of hydrogen-bond acceptors (Lipinski definition) is 22. The first kappa shape index (κ1) is 63.7. The van der Waals surface area contributed by atoms with Crippen molar-refractivity contribution in [2.45, 2.75) is 111 Å². The minimum absolute atomic E-state index is 0. The molecule has 0 saturated heterocycles. The summed E-state index contributed by atoms with van der Waals surface area (Å²) < 4.78 is 0. The molecule has 0 spiro atoms. The van der Waals surface area contributed by atoms with E-state index in [1.54, 1.807) is 0 Å². The van der Waals surface area contributed by atoms with Gasteiger partial charge < -0.3 is 69.1 Å². The van der Waals surface area contributed by atoms with Crippen molar-refractivity contribution in [3.8, 4) is 45.6 Å². The van der Waals surface area contributed by atoms with Crippen LogP contribution in [-0.2, 0) is 19.5 Å². The predicted molar refractivity (Wildman–Crippen MR) is 360 cm³/mol. The number of nitrogens with zero attached hydrogens (tertiary/aromatic N) is 24. The topological polar surface area (TPSA) is 235 Å². The van der Waals surface area contributed by atoms with E-state index < -0.39 is 0 Å². The second kappa shape index (κ2) is 26.8. The van der Waals surface area contributed by atoms with Crippen LogP contribution in [0.3, 0.4) is 0 Å². The van der Waals surface area contributed by atoms with Gasteiger partial charge in [-0.15, -0.1) is 0 Å². The van der Waals surface area contributed by atoms with Crippen molar-refractivity contribution >= 4 is 113 Å². The molecule has 0 saturated carbocycles. The summed E-state index contributed by atoms with van der Waals surface area (Å²) in [6, 6.07) is 8.09. The number of fused-ring (bicyclic) bond motifs is 22. The summed E-state index contributed by atoms with van der Waals surface area (Å²) in [6.07, 6.45) is 0. The Morgan fingerprint density at radius 3 is 0.539 bits per heavy atom. The summed E-state index contributed by atoms with van der Waals surface area (Å²) >= 11 is 0. The fraction of sp³-hybridized carbons (Fsp3) is 0.500.